The molecule has 0 fully saturated rings. The van der Waals surface area contributed by atoms with Gasteiger partial charge in [0.2, 0.25) is 0 Å². The average Bonchev–Trinajstić information content (AvgIpc) is 2.57. The van der Waals surface area contributed by atoms with Gasteiger partial charge >= 0.3 is 5.97 Å². The van der Waals surface area contributed by atoms with Crippen molar-refractivity contribution in [3.8, 4) is 5.75 Å². The number of ether oxygens (including phenoxy) is 1. The lowest BCUT2D eigenvalue weighted by Crippen LogP contribution is -2.30. The maximum absolute atomic E-state index is 12.2. The second kappa shape index (κ2) is 7.41. The van der Waals surface area contributed by atoms with Gasteiger partial charge in [-0.1, -0.05) is 18.2 Å². The first kappa shape index (κ1) is 15.8. The van der Waals surface area contributed by atoms with Crippen LogP contribution in [0.1, 0.15) is 34.6 Å². The fraction of sp³-hybridized carbons (Fsp3) is 0.222. The summed E-state index contributed by atoms with van der Waals surface area (Å²) < 4.78 is 5.28. The molecule has 0 aliphatic carbocycles. The van der Waals surface area contributed by atoms with E-state index in [4.69, 9.17) is 4.74 Å². The Morgan fingerprint density at radius 2 is 1.45 bits per heavy atom. The zero-order valence-corrected chi connectivity index (χ0v) is 12.8. The summed E-state index contributed by atoms with van der Waals surface area (Å²) in [6.45, 7) is 5.22. The first-order chi connectivity index (χ1) is 10.7. The molecule has 4 heteroatoms. The first-order valence-electron chi connectivity index (χ1n) is 7.32. The molecule has 0 N–H and O–H groups in total. The Morgan fingerprint density at radius 3 is 2.00 bits per heavy atom. The molecule has 4 nitrogen and oxygen atoms in total. The third-order valence-electron chi connectivity index (χ3n) is 3.37. The van der Waals surface area contributed by atoms with Crippen LogP contribution < -0.4 is 4.74 Å². The summed E-state index contributed by atoms with van der Waals surface area (Å²) in [5, 5.41) is 0. The van der Waals surface area contributed by atoms with Crippen LogP contribution in [0.3, 0.4) is 0 Å². The highest BCUT2D eigenvalue weighted by atomic mass is 16.5. The highest BCUT2D eigenvalue weighted by Crippen LogP contribution is 2.15. The molecule has 0 aromatic heterocycles. The zero-order valence-electron chi connectivity index (χ0n) is 12.8. The molecule has 0 saturated carbocycles. The number of benzene rings is 2. The van der Waals surface area contributed by atoms with Gasteiger partial charge in [-0.2, -0.15) is 0 Å². The van der Waals surface area contributed by atoms with Gasteiger partial charge in [-0.25, -0.2) is 4.79 Å². The van der Waals surface area contributed by atoms with E-state index in [1.54, 1.807) is 53.4 Å². The fourth-order valence-electron chi connectivity index (χ4n) is 2.10. The number of amides is 1. The first-order valence-corrected chi connectivity index (χ1v) is 7.32. The van der Waals surface area contributed by atoms with E-state index in [0.717, 1.165) is 0 Å². The number of carbonyl (C=O) groups excluding carboxylic acids is 2. The van der Waals surface area contributed by atoms with Crippen molar-refractivity contribution in [2.75, 3.05) is 13.1 Å². The highest BCUT2D eigenvalue weighted by molar-refractivity contribution is 5.94. The molecule has 0 aliphatic heterocycles. The standard InChI is InChI=1S/C18H19NO3/c1-3-19(4-2)17(20)14-10-12-16(13-11-14)22-18(21)15-8-6-5-7-9-15/h5-13H,3-4H2,1-2H3. The molecule has 0 atom stereocenters. The number of esters is 1. The van der Waals surface area contributed by atoms with E-state index in [-0.39, 0.29) is 5.91 Å². The topological polar surface area (TPSA) is 46.6 Å². The molecule has 0 saturated heterocycles. The monoisotopic (exact) mass is 297 g/mol. The Balaban J connectivity index is 2.06. The number of nitrogens with zero attached hydrogens (tertiary/aromatic N) is 1. The molecule has 2 rings (SSSR count). The van der Waals surface area contributed by atoms with Gasteiger partial charge in [-0.3, -0.25) is 4.79 Å². The number of carbonyl (C=O) groups is 2. The number of rotatable bonds is 5. The molecule has 0 unspecified atom stereocenters. The van der Waals surface area contributed by atoms with Gasteiger partial charge in [-0.05, 0) is 50.2 Å². The van der Waals surface area contributed by atoms with Crippen LogP contribution in [0.25, 0.3) is 0 Å². The molecule has 22 heavy (non-hydrogen) atoms. The van der Waals surface area contributed by atoms with Crippen molar-refractivity contribution in [2.45, 2.75) is 13.8 Å². The van der Waals surface area contributed by atoms with E-state index in [1.807, 2.05) is 19.9 Å². The van der Waals surface area contributed by atoms with E-state index in [2.05, 4.69) is 0 Å². The minimum Gasteiger partial charge on any atom is -0.423 e. The van der Waals surface area contributed by atoms with Crippen molar-refractivity contribution < 1.29 is 14.3 Å². The van der Waals surface area contributed by atoms with E-state index >= 15 is 0 Å². The molecular formula is C18H19NO3. The van der Waals surface area contributed by atoms with Crippen molar-refractivity contribution in [1.82, 2.24) is 4.90 Å². The largest absolute Gasteiger partial charge is 0.423 e. The van der Waals surface area contributed by atoms with E-state index in [1.165, 1.54) is 0 Å². The SMILES string of the molecule is CCN(CC)C(=O)c1ccc(OC(=O)c2ccccc2)cc1. The molecule has 114 valence electrons. The van der Waals surface area contributed by atoms with Crippen LogP contribution in [0.2, 0.25) is 0 Å². The van der Waals surface area contributed by atoms with E-state index in [0.29, 0.717) is 30.0 Å². The molecule has 0 bridgehead atoms. The van der Waals surface area contributed by atoms with Crippen LogP contribution >= 0.6 is 0 Å². The lowest BCUT2D eigenvalue weighted by molar-refractivity contribution is 0.0734. The van der Waals surface area contributed by atoms with Gasteiger partial charge in [-0.15, -0.1) is 0 Å². The summed E-state index contributed by atoms with van der Waals surface area (Å²) in [5.74, 6) is -0.0145. The van der Waals surface area contributed by atoms with Gasteiger partial charge in [0.25, 0.3) is 5.91 Å². The van der Waals surface area contributed by atoms with Gasteiger partial charge in [0.1, 0.15) is 5.75 Å². The summed E-state index contributed by atoms with van der Waals surface area (Å²) in [6, 6.07) is 15.4. The molecule has 0 aliphatic rings. The number of hydrogen-bond donors (Lipinski definition) is 0. The lowest BCUT2D eigenvalue weighted by atomic mass is 10.2. The van der Waals surface area contributed by atoms with Crippen LogP contribution in [-0.4, -0.2) is 29.9 Å². The normalized spacial score (nSPS) is 10.1. The Bertz CT molecular complexity index is 631. The summed E-state index contributed by atoms with van der Waals surface area (Å²) in [5.41, 5.74) is 1.08. The van der Waals surface area contributed by atoms with Gasteiger partial charge in [0.15, 0.2) is 0 Å². The fourth-order valence-corrected chi connectivity index (χ4v) is 2.10. The minimum atomic E-state index is -0.414. The summed E-state index contributed by atoms with van der Waals surface area (Å²) >= 11 is 0. The second-order valence-corrected chi connectivity index (χ2v) is 4.76. The minimum absolute atomic E-state index is 0.0223. The Labute approximate surface area is 130 Å². The van der Waals surface area contributed by atoms with Crippen molar-refractivity contribution in [1.29, 1.82) is 0 Å². The smallest absolute Gasteiger partial charge is 0.343 e. The molecular weight excluding hydrogens is 278 g/mol. The molecule has 1 amide bonds. The van der Waals surface area contributed by atoms with Crippen molar-refractivity contribution in [3.63, 3.8) is 0 Å². The molecule has 0 spiro atoms. The lowest BCUT2D eigenvalue weighted by Gasteiger charge is -2.18. The van der Waals surface area contributed by atoms with Crippen LogP contribution in [0, 0.1) is 0 Å². The zero-order chi connectivity index (χ0) is 15.9. The van der Waals surface area contributed by atoms with Gasteiger partial charge in [0, 0.05) is 18.7 Å². The van der Waals surface area contributed by atoms with Crippen molar-refractivity contribution in [3.05, 3.63) is 65.7 Å². The quantitative estimate of drug-likeness (QED) is 0.628. The van der Waals surface area contributed by atoms with Crippen LogP contribution in [-0.2, 0) is 0 Å². The maximum atomic E-state index is 12.2. The average molecular weight is 297 g/mol. The maximum Gasteiger partial charge on any atom is 0.343 e. The molecule has 0 radical (unpaired) electrons. The summed E-state index contributed by atoms with van der Waals surface area (Å²) in [4.78, 5) is 25.9. The third-order valence-corrected chi connectivity index (χ3v) is 3.37. The van der Waals surface area contributed by atoms with Gasteiger partial charge < -0.3 is 9.64 Å². The van der Waals surface area contributed by atoms with Crippen molar-refractivity contribution >= 4 is 11.9 Å². The van der Waals surface area contributed by atoms with E-state index in [9.17, 15) is 9.59 Å². The van der Waals surface area contributed by atoms with Crippen LogP contribution in [0.4, 0.5) is 0 Å². The molecule has 2 aromatic rings. The number of hydrogen-bond acceptors (Lipinski definition) is 3. The van der Waals surface area contributed by atoms with Gasteiger partial charge in [0.05, 0.1) is 5.56 Å². The predicted octanol–water partition coefficient (Wildman–Crippen LogP) is 3.39. The summed E-state index contributed by atoms with van der Waals surface area (Å²) in [7, 11) is 0. The highest BCUT2D eigenvalue weighted by Gasteiger charge is 2.13. The Kier molecular flexibility index (Phi) is 5.31. The Morgan fingerprint density at radius 1 is 0.864 bits per heavy atom. The molecule has 0 heterocycles. The molecule has 2 aromatic carbocycles. The van der Waals surface area contributed by atoms with Crippen molar-refractivity contribution in [2.24, 2.45) is 0 Å². The third kappa shape index (κ3) is 3.73. The predicted molar refractivity (Wildman–Crippen MR) is 85.1 cm³/mol. The Hall–Kier alpha value is -2.62. The summed E-state index contributed by atoms with van der Waals surface area (Å²) in [6.07, 6.45) is 0. The van der Waals surface area contributed by atoms with E-state index < -0.39 is 5.97 Å². The van der Waals surface area contributed by atoms with Crippen LogP contribution in [0.5, 0.6) is 5.75 Å². The second-order valence-electron chi connectivity index (χ2n) is 4.76. The van der Waals surface area contributed by atoms with Crippen LogP contribution in [0.15, 0.2) is 54.6 Å².